The van der Waals surface area contributed by atoms with Gasteiger partial charge in [0.05, 0.1) is 0 Å². The van der Waals surface area contributed by atoms with Gasteiger partial charge in [-0.15, -0.1) is 0 Å². The van der Waals surface area contributed by atoms with Crippen molar-refractivity contribution in [3.05, 3.63) is 29.8 Å². The van der Waals surface area contributed by atoms with Crippen molar-refractivity contribution >= 4 is 9.24 Å². The number of rotatable bonds is 3. The summed E-state index contributed by atoms with van der Waals surface area (Å²) in [6.07, 6.45) is 0.886. The summed E-state index contributed by atoms with van der Waals surface area (Å²) >= 11 is 0. The molecule has 0 saturated carbocycles. The molecular weight excluding hydrogens is 217 g/mol. The Morgan fingerprint density at radius 3 is 2.00 bits per heavy atom. The first-order valence-corrected chi connectivity index (χ1v) is 5.53. The second kappa shape index (κ2) is 6.73. The van der Waals surface area contributed by atoms with Gasteiger partial charge in [-0.05, 0) is 33.4 Å². The highest BCUT2D eigenvalue weighted by Gasteiger charge is 2.22. The molecule has 0 aromatic heterocycles. The molecule has 86 valence electrons. The largest absolute Gasteiger partial charge is 0.430 e. The van der Waals surface area contributed by atoms with Crippen LogP contribution in [-0.2, 0) is 6.42 Å². The minimum atomic E-state index is -3.19. The van der Waals surface area contributed by atoms with Gasteiger partial charge in [0, 0.05) is 0 Å². The van der Waals surface area contributed by atoms with Gasteiger partial charge in [-0.25, -0.2) is 0 Å². The van der Waals surface area contributed by atoms with E-state index >= 15 is 0 Å². The third-order valence-corrected chi connectivity index (χ3v) is 1.70. The second-order valence-electron chi connectivity index (χ2n) is 2.66. The molecule has 0 heterocycles. The Bertz CT molecular complexity index is 267. The number of hydrogen-bond donors (Lipinski definition) is 0. The van der Waals surface area contributed by atoms with Crippen molar-refractivity contribution in [3.63, 3.8) is 0 Å². The molecule has 1 aromatic rings. The van der Waals surface area contributed by atoms with Crippen molar-refractivity contribution in [2.45, 2.75) is 33.0 Å². The summed E-state index contributed by atoms with van der Waals surface area (Å²) < 4.78 is 29.0. The van der Waals surface area contributed by atoms with Crippen molar-refractivity contribution in [1.82, 2.24) is 0 Å². The van der Waals surface area contributed by atoms with Crippen molar-refractivity contribution in [2.75, 3.05) is 0 Å². The van der Waals surface area contributed by atoms with E-state index in [1.165, 1.54) is 21.4 Å². The minimum absolute atomic E-state index is 0.178. The Morgan fingerprint density at radius 1 is 1.20 bits per heavy atom. The van der Waals surface area contributed by atoms with Gasteiger partial charge in [0.1, 0.15) is 5.75 Å². The van der Waals surface area contributed by atoms with E-state index in [0.29, 0.717) is 0 Å². The van der Waals surface area contributed by atoms with Crippen molar-refractivity contribution in [2.24, 2.45) is 0 Å². The maximum absolute atomic E-state index is 12.3. The van der Waals surface area contributed by atoms with Crippen LogP contribution < -0.4 is 4.74 Å². The molecule has 0 N–H and O–H groups in total. The average Bonchev–Trinajstić information content (AvgIpc) is 2.20. The number of aryl methyl sites for hydroxylation is 1. The van der Waals surface area contributed by atoms with E-state index in [1.807, 2.05) is 20.8 Å². The molecule has 15 heavy (non-hydrogen) atoms. The molecule has 0 radical (unpaired) electrons. The lowest BCUT2D eigenvalue weighted by atomic mass is 10.2. The van der Waals surface area contributed by atoms with Crippen LogP contribution in [0.4, 0.5) is 8.78 Å². The predicted molar refractivity (Wildman–Crippen MR) is 62.5 cm³/mol. The van der Waals surface area contributed by atoms with Gasteiger partial charge >= 0.3 is 5.85 Å². The zero-order valence-electron chi connectivity index (χ0n) is 9.26. The quantitative estimate of drug-likeness (QED) is 0.716. The Morgan fingerprint density at radius 2 is 1.67 bits per heavy atom. The van der Waals surface area contributed by atoms with Gasteiger partial charge in [0.2, 0.25) is 0 Å². The number of alkyl halides is 2. The standard InChI is InChI=1S/C9H11F2OP.C2H6/c1-2-7-3-5-8(6-4-7)12-9(10,11)13;1-2/h3-6H,2,13H2,1H3;1-2H3. The lowest BCUT2D eigenvalue weighted by molar-refractivity contribution is -0.0892. The highest BCUT2D eigenvalue weighted by atomic mass is 31.0. The van der Waals surface area contributed by atoms with E-state index < -0.39 is 5.85 Å². The fourth-order valence-electron chi connectivity index (χ4n) is 0.950. The normalized spacial score (nSPS) is 10.3. The Labute approximate surface area is 92.0 Å². The zero-order chi connectivity index (χ0) is 11.9. The molecule has 1 unspecified atom stereocenters. The molecule has 0 spiro atoms. The molecule has 0 aliphatic carbocycles. The van der Waals surface area contributed by atoms with Gasteiger partial charge in [-0.3, -0.25) is 0 Å². The minimum Gasteiger partial charge on any atom is -0.430 e. The molecule has 4 heteroatoms. The van der Waals surface area contributed by atoms with E-state index in [1.54, 1.807) is 12.1 Å². The summed E-state index contributed by atoms with van der Waals surface area (Å²) in [6.45, 7) is 6.00. The molecule has 0 bridgehead atoms. The molecule has 0 fully saturated rings. The van der Waals surface area contributed by atoms with Gasteiger partial charge in [-0.1, -0.05) is 32.9 Å². The van der Waals surface area contributed by atoms with Crippen LogP contribution in [0.25, 0.3) is 0 Å². The van der Waals surface area contributed by atoms with Crippen molar-refractivity contribution in [1.29, 1.82) is 0 Å². The van der Waals surface area contributed by atoms with Crippen molar-refractivity contribution < 1.29 is 13.5 Å². The fourth-order valence-corrected chi connectivity index (χ4v) is 1.09. The highest BCUT2D eigenvalue weighted by molar-refractivity contribution is 7.17. The van der Waals surface area contributed by atoms with Crippen LogP contribution in [0.1, 0.15) is 26.3 Å². The van der Waals surface area contributed by atoms with Gasteiger partial charge in [0.15, 0.2) is 0 Å². The molecule has 1 aromatic carbocycles. The average molecular weight is 234 g/mol. The highest BCUT2D eigenvalue weighted by Crippen LogP contribution is 2.26. The van der Waals surface area contributed by atoms with Crippen LogP contribution in [0.5, 0.6) is 5.75 Å². The molecule has 1 nitrogen and oxygen atoms in total. The smallest absolute Gasteiger partial charge is 0.408 e. The summed E-state index contributed by atoms with van der Waals surface area (Å²) in [7, 11) is 1.33. The summed E-state index contributed by atoms with van der Waals surface area (Å²) in [5, 5.41) is 0. The van der Waals surface area contributed by atoms with E-state index in [0.717, 1.165) is 12.0 Å². The summed E-state index contributed by atoms with van der Waals surface area (Å²) in [5.74, 6) is -3.01. The molecule has 0 aliphatic rings. The van der Waals surface area contributed by atoms with Crippen LogP contribution in [0, 0.1) is 0 Å². The molecule has 1 rings (SSSR count). The Balaban J connectivity index is 0.000000921. The Kier molecular flexibility index (Phi) is 6.42. The molecule has 0 aliphatic heterocycles. The lowest BCUT2D eigenvalue weighted by Crippen LogP contribution is -2.14. The maximum Gasteiger partial charge on any atom is 0.408 e. The van der Waals surface area contributed by atoms with Crippen LogP contribution in [0.15, 0.2) is 24.3 Å². The van der Waals surface area contributed by atoms with E-state index in [4.69, 9.17) is 0 Å². The van der Waals surface area contributed by atoms with Crippen LogP contribution in [-0.4, -0.2) is 5.85 Å². The first-order chi connectivity index (χ1) is 7.01. The van der Waals surface area contributed by atoms with Crippen LogP contribution >= 0.6 is 9.24 Å². The summed E-state index contributed by atoms with van der Waals surface area (Å²) in [4.78, 5) is 0. The number of halogens is 2. The Hall–Kier alpha value is -0.690. The fraction of sp³-hybridized carbons (Fsp3) is 0.455. The molecule has 0 saturated heterocycles. The van der Waals surface area contributed by atoms with Gasteiger partial charge in [-0.2, -0.15) is 8.78 Å². The number of benzene rings is 1. The van der Waals surface area contributed by atoms with Crippen LogP contribution in [0.2, 0.25) is 0 Å². The summed E-state index contributed by atoms with van der Waals surface area (Å²) in [6, 6.07) is 6.62. The molecular formula is C11H17F2OP. The first kappa shape index (κ1) is 14.3. The van der Waals surface area contributed by atoms with E-state index in [-0.39, 0.29) is 5.75 Å². The van der Waals surface area contributed by atoms with Crippen molar-refractivity contribution in [3.8, 4) is 5.75 Å². The zero-order valence-corrected chi connectivity index (χ0v) is 10.4. The lowest BCUT2D eigenvalue weighted by Gasteiger charge is -2.12. The topological polar surface area (TPSA) is 9.23 Å². The van der Waals surface area contributed by atoms with Gasteiger partial charge < -0.3 is 4.74 Å². The monoisotopic (exact) mass is 234 g/mol. The third-order valence-electron chi connectivity index (χ3n) is 1.59. The first-order valence-electron chi connectivity index (χ1n) is 4.96. The van der Waals surface area contributed by atoms with E-state index in [2.05, 4.69) is 4.74 Å². The third kappa shape index (κ3) is 6.40. The summed E-state index contributed by atoms with van der Waals surface area (Å²) in [5.41, 5.74) is 1.10. The molecule has 0 amide bonds. The second-order valence-corrected chi connectivity index (χ2v) is 3.33. The predicted octanol–water partition coefficient (Wildman–Crippen LogP) is 4.08. The van der Waals surface area contributed by atoms with E-state index in [9.17, 15) is 8.78 Å². The number of ether oxygens (including phenoxy) is 1. The SMILES string of the molecule is CC.CCc1ccc(OC(F)(F)P)cc1. The molecule has 1 atom stereocenters. The van der Waals surface area contributed by atoms with Gasteiger partial charge in [0.25, 0.3) is 0 Å². The van der Waals surface area contributed by atoms with Crippen LogP contribution in [0.3, 0.4) is 0 Å². The number of hydrogen-bond acceptors (Lipinski definition) is 1. The maximum atomic E-state index is 12.3.